The molecule has 4 nitrogen and oxygen atoms in total. The van der Waals surface area contributed by atoms with Gasteiger partial charge in [-0.05, 0) is 0 Å². The summed E-state index contributed by atoms with van der Waals surface area (Å²) in [5.41, 5.74) is 0. The summed E-state index contributed by atoms with van der Waals surface area (Å²) in [4.78, 5) is 20.3. The Labute approximate surface area is 67.2 Å². The average Bonchev–Trinajstić information content (AvgIpc) is 1.63. The molecule has 0 aliphatic heterocycles. The lowest BCUT2D eigenvalue weighted by Gasteiger charge is -1.96. The Hall–Kier alpha value is -0.265. The largest absolute Gasteiger partial charge is 0.383 e. The van der Waals surface area contributed by atoms with E-state index in [2.05, 4.69) is 10.5 Å². The molecule has 6 heteroatoms. The molecule has 2 amide bonds. The third kappa shape index (κ3) is 7.73. The van der Waals surface area contributed by atoms with Gasteiger partial charge in [-0.3, -0.25) is 9.59 Å². The molecule has 0 saturated heterocycles. The molecule has 0 bridgehead atoms. The maximum Gasteiger partial charge on any atom is 0.356 e. The van der Waals surface area contributed by atoms with Crippen LogP contribution in [-0.4, -0.2) is 17.4 Å². The third-order valence-electron chi connectivity index (χ3n) is 0.565. The number of halogens is 1. The Balaban J connectivity index is 3.10. The fraction of sp³-hybridized carbons (Fsp3) is 0.333. The smallest absolute Gasteiger partial charge is 0.356 e. The molecule has 2 N–H and O–H groups in total. The number of carbonyl (C=O) groups is 2. The van der Waals surface area contributed by atoms with Gasteiger partial charge in [-0.25, -0.2) is 0 Å². The van der Waals surface area contributed by atoms with Crippen LogP contribution < -0.4 is 10.5 Å². The van der Waals surface area contributed by atoms with Gasteiger partial charge in [0.2, 0.25) is 5.91 Å². The molecule has 0 atom stereocenters. The summed E-state index contributed by atoms with van der Waals surface area (Å²) in [6.07, 6.45) is 0. The highest BCUT2D eigenvalue weighted by molar-refractivity contribution is 14.1. The molecule has 0 unspecified atom stereocenters. The van der Waals surface area contributed by atoms with Crippen molar-refractivity contribution in [3.8, 4) is 0 Å². The van der Waals surface area contributed by atoms with Crippen LogP contribution in [0.15, 0.2) is 0 Å². The van der Waals surface area contributed by atoms with E-state index in [1.165, 1.54) is 6.92 Å². The second-order valence-corrected chi connectivity index (χ2v) is 2.34. The number of hydrogen-bond acceptors (Lipinski definition) is 2. The quantitative estimate of drug-likeness (QED) is 0.296. The predicted molar refractivity (Wildman–Crippen MR) is 43.5 cm³/mol. The molecule has 0 spiro atoms. The van der Waals surface area contributed by atoms with E-state index in [0.717, 1.165) is 0 Å². The summed E-state index contributed by atoms with van der Waals surface area (Å²) in [5.74, 6) is -0.153. The lowest BCUT2D eigenvalue weighted by molar-refractivity contribution is -0.117. The van der Waals surface area contributed by atoms with Crippen molar-refractivity contribution in [3.63, 3.8) is 0 Å². The van der Waals surface area contributed by atoms with E-state index < -0.39 is 0 Å². The van der Waals surface area contributed by atoms with E-state index >= 15 is 0 Å². The first kappa shape index (κ1) is 8.73. The van der Waals surface area contributed by atoms with Gasteiger partial charge in [-0.15, -0.1) is 0 Å². The minimum atomic E-state index is -0.179. The van der Waals surface area contributed by atoms with E-state index in [9.17, 15) is 9.59 Å². The van der Waals surface area contributed by atoms with Crippen molar-refractivity contribution in [2.24, 2.45) is 0 Å². The summed E-state index contributed by atoms with van der Waals surface area (Å²) >= 11 is 1.59. The number of nitrogens with one attached hydrogen (secondary N) is 2. The number of amides is 2. The molecule has 0 aliphatic rings. The summed E-state index contributed by atoms with van der Waals surface area (Å²) in [7, 11) is 0.205. The van der Waals surface area contributed by atoms with E-state index in [0.29, 0.717) is 0 Å². The molecular formula is C3H6BIN2O2. The highest BCUT2D eigenvalue weighted by atomic mass is 127. The Morgan fingerprint density at radius 1 is 1.44 bits per heavy atom. The minimum absolute atomic E-state index is 0.153. The van der Waals surface area contributed by atoms with Crippen molar-refractivity contribution in [2.75, 3.05) is 0 Å². The van der Waals surface area contributed by atoms with Crippen molar-refractivity contribution in [3.05, 3.63) is 0 Å². The first-order valence-electron chi connectivity index (χ1n) is 2.30. The Morgan fingerprint density at radius 3 is 2.33 bits per heavy atom. The van der Waals surface area contributed by atoms with Crippen molar-refractivity contribution in [1.82, 2.24) is 10.5 Å². The van der Waals surface area contributed by atoms with Gasteiger partial charge in [-0.1, -0.05) is 0 Å². The SMILES string of the molecule is CC(=O)NBNC(=O)I. The third-order valence-corrected chi connectivity index (χ3v) is 0.946. The number of rotatable bonds is 2. The van der Waals surface area contributed by atoms with E-state index in [1.807, 2.05) is 0 Å². The van der Waals surface area contributed by atoms with Gasteiger partial charge in [0.05, 0.1) is 0 Å². The van der Waals surface area contributed by atoms with Crippen LogP contribution in [0.1, 0.15) is 6.92 Å². The number of carbonyl (C=O) groups excluding carboxylic acids is 2. The topological polar surface area (TPSA) is 58.2 Å². The van der Waals surface area contributed by atoms with Crippen molar-refractivity contribution in [1.29, 1.82) is 0 Å². The maximum absolute atomic E-state index is 10.2. The molecule has 0 radical (unpaired) electrons. The summed E-state index contributed by atoms with van der Waals surface area (Å²) in [6.45, 7) is 1.39. The summed E-state index contributed by atoms with van der Waals surface area (Å²) in [5, 5.41) is 4.79. The van der Waals surface area contributed by atoms with Gasteiger partial charge in [0, 0.05) is 29.5 Å². The number of hydrogen-bond donors (Lipinski definition) is 2. The fourth-order valence-electron chi connectivity index (χ4n) is 0.238. The van der Waals surface area contributed by atoms with Gasteiger partial charge in [-0.2, -0.15) is 0 Å². The van der Waals surface area contributed by atoms with Crippen LogP contribution in [0.4, 0.5) is 4.79 Å². The molecule has 0 aromatic carbocycles. The minimum Gasteiger partial charge on any atom is -0.383 e. The second-order valence-electron chi connectivity index (χ2n) is 1.36. The second kappa shape index (κ2) is 4.60. The summed E-state index contributed by atoms with van der Waals surface area (Å²) < 4.78 is -0.179. The monoisotopic (exact) mass is 240 g/mol. The van der Waals surface area contributed by atoms with Gasteiger partial charge in [0.15, 0.2) is 0 Å². The normalized spacial score (nSPS) is 7.78. The van der Waals surface area contributed by atoms with E-state index in [4.69, 9.17) is 0 Å². The Kier molecular flexibility index (Phi) is 4.46. The molecule has 0 aromatic heterocycles. The van der Waals surface area contributed by atoms with Crippen LogP contribution in [0.3, 0.4) is 0 Å². The highest BCUT2D eigenvalue weighted by Crippen LogP contribution is 1.78. The molecule has 0 rings (SSSR count). The van der Waals surface area contributed by atoms with Gasteiger partial charge >= 0.3 is 7.55 Å². The maximum atomic E-state index is 10.2. The molecule has 0 saturated carbocycles. The standard InChI is InChI=1S/C3H6BIN2O2/c1-2(8)6-4-7-3(5)9/h4H,1H3,(H,6,8)(H,7,9). The van der Waals surface area contributed by atoms with Crippen LogP contribution in [-0.2, 0) is 4.79 Å². The predicted octanol–water partition coefficient (Wildman–Crippen LogP) is -0.466. The zero-order chi connectivity index (χ0) is 7.28. The van der Waals surface area contributed by atoms with Gasteiger partial charge in [0.1, 0.15) is 0 Å². The molecule has 50 valence electrons. The average molecular weight is 240 g/mol. The molecular weight excluding hydrogens is 234 g/mol. The fourth-order valence-corrected chi connectivity index (χ4v) is 0.429. The van der Waals surface area contributed by atoms with Crippen LogP contribution in [0.25, 0.3) is 0 Å². The zero-order valence-electron chi connectivity index (χ0n) is 4.90. The van der Waals surface area contributed by atoms with E-state index in [-0.39, 0.29) is 17.4 Å². The lowest BCUT2D eigenvalue weighted by Crippen LogP contribution is -2.37. The van der Waals surface area contributed by atoms with Gasteiger partial charge in [0.25, 0.3) is 3.91 Å². The Morgan fingerprint density at radius 2 is 2.00 bits per heavy atom. The molecule has 0 fully saturated rings. The van der Waals surface area contributed by atoms with Crippen LogP contribution in [0, 0.1) is 0 Å². The van der Waals surface area contributed by atoms with Gasteiger partial charge < -0.3 is 10.5 Å². The first-order valence-corrected chi connectivity index (χ1v) is 3.38. The first-order chi connectivity index (χ1) is 4.13. The van der Waals surface area contributed by atoms with Crippen LogP contribution in [0.2, 0.25) is 0 Å². The van der Waals surface area contributed by atoms with Crippen LogP contribution in [0.5, 0.6) is 0 Å². The van der Waals surface area contributed by atoms with Crippen molar-refractivity contribution >= 4 is 40.0 Å². The van der Waals surface area contributed by atoms with E-state index in [1.54, 1.807) is 22.6 Å². The van der Waals surface area contributed by atoms with Crippen molar-refractivity contribution < 1.29 is 9.59 Å². The zero-order valence-corrected chi connectivity index (χ0v) is 7.06. The Bertz CT molecular complexity index is 115. The summed E-state index contributed by atoms with van der Waals surface area (Å²) in [6, 6.07) is 0. The van der Waals surface area contributed by atoms with Crippen molar-refractivity contribution in [2.45, 2.75) is 6.92 Å². The highest BCUT2D eigenvalue weighted by Gasteiger charge is 1.94. The molecule has 0 aliphatic carbocycles. The molecule has 0 aromatic rings. The molecule has 0 heterocycles. The van der Waals surface area contributed by atoms with Crippen LogP contribution >= 0.6 is 22.6 Å². The lowest BCUT2D eigenvalue weighted by atomic mass is 10.2. The molecule has 9 heavy (non-hydrogen) atoms.